The second-order valence-corrected chi connectivity index (χ2v) is 16.7. The van der Waals surface area contributed by atoms with Gasteiger partial charge < -0.3 is 4.48 Å². The van der Waals surface area contributed by atoms with Crippen LogP contribution in [-0.2, 0) is 0 Å². The monoisotopic (exact) mass is 621 g/mol. The van der Waals surface area contributed by atoms with Crippen molar-refractivity contribution in [3.05, 3.63) is 173 Å². The molecule has 0 N–H and O–H groups in total. The van der Waals surface area contributed by atoms with Gasteiger partial charge in [-0.1, -0.05) is 141 Å². The topological polar surface area (TPSA) is 3.24 Å². The summed E-state index contributed by atoms with van der Waals surface area (Å²) in [6.07, 6.45) is 0. The van der Waals surface area contributed by atoms with Gasteiger partial charge in [0.15, 0.2) is 29.1 Å². The molecule has 5 aromatic carbocycles. The van der Waals surface area contributed by atoms with Crippen molar-refractivity contribution < 1.29 is 22.0 Å². The highest BCUT2D eigenvalue weighted by atomic mass is 28.3. The first-order valence-corrected chi connectivity index (χ1v) is 18.1. The van der Waals surface area contributed by atoms with Crippen LogP contribution in [0.1, 0.15) is 22.3 Å². The van der Waals surface area contributed by atoms with Crippen molar-refractivity contribution in [2.45, 2.75) is 19.6 Å². The van der Waals surface area contributed by atoms with Crippen LogP contribution in [0, 0.1) is 29.1 Å². The summed E-state index contributed by atoms with van der Waals surface area (Å²) in [6, 6.07) is 37.6. The van der Waals surface area contributed by atoms with Crippen LogP contribution in [0.25, 0.3) is 22.3 Å². The average molecular weight is 622 g/mol. The third-order valence-corrected chi connectivity index (χ3v) is 9.95. The van der Waals surface area contributed by atoms with Gasteiger partial charge in [-0.25, -0.2) is 22.0 Å². The number of hydrogen-bond donors (Lipinski definition) is 0. The summed E-state index contributed by atoms with van der Waals surface area (Å²) in [4.78, 5) is 0. The van der Waals surface area contributed by atoms with Crippen LogP contribution >= 0.6 is 0 Å². The molecule has 0 spiro atoms. The summed E-state index contributed by atoms with van der Waals surface area (Å²) in [7, 11) is -2.75. The molecule has 5 aromatic rings. The molecule has 0 amide bonds. The van der Waals surface area contributed by atoms with E-state index >= 15 is 17.6 Å². The van der Waals surface area contributed by atoms with Crippen molar-refractivity contribution in [1.29, 1.82) is 0 Å². The van der Waals surface area contributed by atoms with Crippen molar-refractivity contribution >= 4 is 42.9 Å². The van der Waals surface area contributed by atoms with Gasteiger partial charge in [0.25, 0.3) is 0 Å². The molecular weight excluding hydrogens is 592 g/mol. The van der Waals surface area contributed by atoms with E-state index in [1.54, 1.807) is 12.1 Å². The molecule has 1 heterocycles. The quantitative estimate of drug-likeness (QED) is 0.0791. The third kappa shape index (κ3) is 5.33. The highest BCUT2D eigenvalue weighted by Crippen LogP contribution is 2.50. The minimum absolute atomic E-state index is 0.450. The summed E-state index contributed by atoms with van der Waals surface area (Å²) in [5, 5.41) is 0. The summed E-state index contributed by atoms with van der Waals surface area (Å²) in [6.45, 7) is 4.66. The van der Waals surface area contributed by atoms with Crippen LogP contribution in [0.15, 0.2) is 121 Å². The smallest absolute Gasteiger partial charge is 0.322 e. The molecule has 0 bridgehead atoms. The Morgan fingerprint density at radius 3 is 1.22 bits per heavy atom. The molecule has 45 heavy (non-hydrogen) atoms. The fourth-order valence-electron chi connectivity index (χ4n) is 6.22. The van der Waals surface area contributed by atoms with Crippen LogP contribution in [0.4, 0.5) is 22.0 Å². The van der Waals surface area contributed by atoms with Crippen LogP contribution < -0.4 is 5.46 Å². The number of halogens is 5. The summed E-state index contributed by atoms with van der Waals surface area (Å²) in [5.41, 5.74) is 4.64. The zero-order valence-corrected chi connectivity index (χ0v) is 26.0. The van der Waals surface area contributed by atoms with E-state index in [0.717, 1.165) is 22.3 Å². The molecule has 0 aromatic heterocycles. The Bertz CT molecular complexity index is 1890. The molecule has 224 valence electrons. The lowest BCUT2D eigenvalue weighted by Crippen LogP contribution is -2.62. The van der Waals surface area contributed by atoms with Gasteiger partial charge in [0.2, 0.25) is 0 Å². The maximum atomic E-state index is 16.1. The van der Waals surface area contributed by atoms with E-state index in [1.807, 2.05) is 133 Å². The van der Waals surface area contributed by atoms with E-state index in [9.17, 15) is 4.39 Å². The number of hydrogen-bond acceptors (Lipinski definition) is 1. The Balaban J connectivity index is 1.91. The number of allylic oxidation sites excluding steroid dienone is 2. The van der Waals surface area contributed by atoms with E-state index in [2.05, 4.69) is 0 Å². The third-order valence-electron chi connectivity index (χ3n) is 8.03. The highest BCUT2D eigenvalue weighted by molar-refractivity contribution is 7.00. The largest absolute Gasteiger partial charge is 0.434 e. The molecule has 0 radical (unpaired) electrons. The highest BCUT2D eigenvalue weighted by Gasteiger charge is 2.49. The lowest BCUT2D eigenvalue weighted by molar-refractivity contribution is 0.383. The molecule has 0 saturated heterocycles. The Morgan fingerprint density at radius 2 is 0.800 bits per heavy atom. The first kappa shape index (κ1) is 30.3. The van der Waals surface area contributed by atoms with Gasteiger partial charge in [-0.15, -0.1) is 0 Å². The van der Waals surface area contributed by atoms with Crippen molar-refractivity contribution in [2.75, 3.05) is 0 Å². The summed E-state index contributed by atoms with van der Waals surface area (Å²) < 4.78 is 79.0. The molecule has 8 heteroatoms. The normalized spacial score (nSPS) is 14.0. The lowest BCUT2D eigenvalue weighted by Gasteiger charge is -2.49. The Labute approximate surface area is 261 Å². The van der Waals surface area contributed by atoms with E-state index in [0.29, 0.717) is 22.3 Å². The first-order valence-electron chi connectivity index (χ1n) is 14.6. The molecule has 1 aliphatic heterocycles. The van der Waals surface area contributed by atoms with Crippen molar-refractivity contribution in [1.82, 2.24) is 4.48 Å². The SMILES string of the molecule is C[Si](C)(C)N1B(c2c(F)c(F)c(F)c(F)c2F)C(c2ccccc2)=C(c2ccccc2)C(c2ccccc2)=C1c1ccccc1. The molecule has 0 saturated carbocycles. The second kappa shape index (κ2) is 12.0. The van der Waals surface area contributed by atoms with E-state index in [4.69, 9.17) is 0 Å². The number of rotatable bonds is 6. The molecule has 0 aliphatic carbocycles. The average Bonchev–Trinajstić information content (AvgIpc) is 3.06. The van der Waals surface area contributed by atoms with Crippen LogP contribution in [-0.4, -0.2) is 19.6 Å². The minimum Gasteiger partial charge on any atom is -0.434 e. The maximum Gasteiger partial charge on any atom is 0.322 e. The van der Waals surface area contributed by atoms with Gasteiger partial charge in [0.05, 0.1) is 0 Å². The van der Waals surface area contributed by atoms with Crippen molar-refractivity contribution in [2.24, 2.45) is 0 Å². The number of nitrogens with zero attached hydrogens (tertiary/aromatic N) is 1. The van der Waals surface area contributed by atoms with Gasteiger partial charge in [0, 0.05) is 16.7 Å². The minimum atomic E-state index is -2.75. The zero-order valence-electron chi connectivity index (χ0n) is 25.0. The van der Waals surface area contributed by atoms with Crippen LogP contribution in [0.3, 0.4) is 0 Å². The van der Waals surface area contributed by atoms with Crippen molar-refractivity contribution in [3.63, 3.8) is 0 Å². The molecule has 0 unspecified atom stereocenters. The zero-order chi connectivity index (χ0) is 31.9. The van der Waals surface area contributed by atoms with Gasteiger partial charge in [-0.05, 0) is 33.3 Å². The van der Waals surface area contributed by atoms with Gasteiger partial charge in [-0.3, -0.25) is 0 Å². The Morgan fingerprint density at radius 1 is 0.444 bits per heavy atom. The Hall–Kier alpha value is -4.69. The van der Waals surface area contributed by atoms with Crippen LogP contribution in [0.2, 0.25) is 19.6 Å². The van der Waals surface area contributed by atoms with Gasteiger partial charge in [0.1, 0.15) is 8.24 Å². The van der Waals surface area contributed by atoms with E-state index in [1.165, 1.54) is 0 Å². The Kier molecular flexibility index (Phi) is 8.10. The van der Waals surface area contributed by atoms with E-state index in [-0.39, 0.29) is 0 Å². The standard InChI is InChI=1S/C37H29BF5NSi/c1-45(2,3)44-37(27-22-14-7-15-23-27)29(25-18-10-5-11-19-25)28(24-16-8-4-9-17-24)30(26-20-12-6-13-21-26)38(44)31-32(39)34(41)36(43)35(42)33(31)40/h4-23H,1-3H3. The molecule has 1 aliphatic rings. The molecular formula is C37H29BF5NSi. The van der Waals surface area contributed by atoms with Crippen LogP contribution in [0.5, 0.6) is 0 Å². The van der Waals surface area contributed by atoms with Gasteiger partial charge >= 0.3 is 6.85 Å². The maximum absolute atomic E-state index is 16.1. The lowest BCUT2D eigenvalue weighted by atomic mass is 9.44. The molecule has 6 rings (SSSR count). The summed E-state index contributed by atoms with van der Waals surface area (Å²) >= 11 is 0. The van der Waals surface area contributed by atoms with E-state index < -0.39 is 49.6 Å². The molecule has 1 nitrogen and oxygen atoms in total. The number of benzene rings is 5. The van der Waals surface area contributed by atoms with Crippen molar-refractivity contribution in [3.8, 4) is 0 Å². The predicted molar refractivity (Wildman–Crippen MR) is 176 cm³/mol. The van der Waals surface area contributed by atoms with Gasteiger partial charge in [-0.2, -0.15) is 0 Å². The molecule has 0 fully saturated rings. The fourth-order valence-corrected chi connectivity index (χ4v) is 8.16. The summed E-state index contributed by atoms with van der Waals surface area (Å²) in [5.74, 6) is -9.78. The molecule has 0 atom stereocenters. The fraction of sp³-hybridized carbons (Fsp3) is 0.0811. The first-order chi connectivity index (χ1) is 21.6. The second-order valence-electron chi connectivity index (χ2n) is 11.9. The predicted octanol–water partition coefficient (Wildman–Crippen LogP) is 9.45.